The molecule has 1 fully saturated rings. The second-order valence-electron chi connectivity index (χ2n) is 6.27. The number of hydrogen-bond acceptors (Lipinski definition) is 3. The van der Waals surface area contributed by atoms with E-state index in [1.807, 2.05) is 11.8 Å². The minimum atomic E-state index is 0.295. The van der Waals surface area contributed by atoms with Crippen molar-refractivity contribution in [1.82, 2.24) is 10.2 Å². The van der Waals surface area contributed by atoms with Gasteiger partial charge >= 0.3 is 0 Å². The van der Waals surface area contributed by atoms with E-state index in [1.165, 1.54) is 24.9 Å². The number of hydrogen-bond donors (Lipinski definition) is 1. The van der Waals surface area contributed by atoms with Crippen molar-refractivity contribution in [2.24, 2.45) is 0 Å². The Bertz CT molecular complexity index is 416. The lowest BCUT2D eigenvalue weighted by Gasteiger charge is -2.48. The lowest BCUT2D eigenvalue weighted by molar-refractivity contribution is 0.0735. The molecule has 0 radical (unpaired) electrons. The molecular formula is C18H30N2S. The van der Waals surface area contributed by atoms with Crippen LogP contribution in [0.3, 0.4) is 0 Å². The van der Waals surface area contributed by atoms with Crippen molar-refractivity contribution in [1.29, 1.82) is 0 Å². The molecule has 0 amide bonds. The number of nitrogens with one attached hydrogen (secondary N) is 1. The van der Waals surface area contributed by atoms with E-state index in [0.29, 0.717) is 16.8 Å². The van der Waals surface area contributed by atoms with Crippen molar-refractivity contribution in [2.75, 3.05) is 25.9 Å². The zero-order valence-electron chi connectivity index (χ0n) is 13.9. The lowest BCUT2D eigenvalue weighted by atomic mass is 9.87. The summed E-state index contributed by atoms with van der Waals surface area (Å²) >= 11 is 1.97. The van der Waals surface area contributed by atoms with Crippen LogP contribution in [0.15, 0.2) is 30.3 Å². The molecule has 0 aliphatic carbocycles. The molecule has 1 aliphatic heterocycles. The van der Waals surface area contributed by atoms with Crippen LogP contribution in [0.4, 0.5) is 0 Å². The van der Waals surface area contributed by atoms with Gasteiger partial charge in [0.1, 0.15) is 0 Å². The smallest absolute Gasteiger partial charge is 0.0474 e. The van der Waals surface area contributed by atoms with E-state index >= 15 is 0 Å². The fraction of sp³-hybridized carbons (Fsp3) is 0.667. The fourth-order valence-electron chi connectivity index (χ4n) is 3.32. The van der Waals surface area contributed by atoms with Gasteiger partial charge in [-0.15, -0.1) is 0 Å². The maximum absolute atomic E-state index is 3.85. The molecule has 21 heavy (non-hydrogen) atoms. The van der Waals surface area contributed by atoms with Gasteiger partial charge in [0.15, 0.2) is 0 Å². The third-order valence-electron chi connectivity index (χ3n) is 5.05. The Morgan fingerprint density at radius 2 is 1.95 bits per heavy atom. The van der Waals surface area contributed by atoms with Gasteiger partial charge in [0, 0.05) is 36.5 Å². The Hall–Kier alpha value is -0.510. The third-order valence-corrected chi connectivity index (χ3v) is 6.00. The van der Waals surface area contributed by atoms with Crippen LogP contribution in [-0.2, 0) is 0 Å². The van der Waals surface area contributed by atoms with Crippen LogP contribution in [0.25, 0.3) is 0 Å². The minimum Gasteiger partial charge on any atom is -0.308 e. The molecule has 118 valence electrons. The highest BCUT2D eigenvalue weighted by Crippen LogP contribution is 2.31. The van der Waals surface area contributed by atoms with Crippen LogP contribution in [0.2, 0.25) is 0 Å². The molecule has 0 bridgehead atoms. The predicted octanol–water partition coefficient (Wildman–Crippen LogP) is 3.94. The number of benzene rings is 1. The van der Waals surface area contributed by atoms with E-state index in [0.717, 1.165) is 13.1 Å². The molecular weight excluding hydrogens is 276 g/mol. The van der Waals surface area contributed by atoms with Crippen molar-refractivity contribution < 1.29 is 0 Å². The van der Waals surface area contributed by atoms with Gasteiger partial charge < -0.3 is 5.32 Å². The van der Waals surface area contributed by atoms with Gasteiger partial charge in [-0.3, -0.25) is 4.90 Å². The number of rotatable bonds is 6. The van der Waals surface area contributed by atoms with Gasteiger partial charge in [-0.1, -0.05) is 51.1 Å². The van der Waals surface area contributed by atoms with Crippen LogP contribution in [-0.4, -0.2) is 41.6 Å². The van der Waals surface area contributed by atoms with Crippen LogP contribution < -0.4 is 5.32 Å². The summed E-state index contributed by atoms with van der Waals surface area (Å²) in [6.45, 7) is 10.4. The van der Waals surface area contributed by atoms with Gasteiger partial charge in [-0.25, -0.2) is 0 Å². The Balaban J connectivity index is 2.19. The highest BCUT2D eigenvalue weighted by atomic mass is 32.2. The first kappa shape index (κ1) is 16.9. The molecule has 3 heteroatoms. The Labute approximate surface area is 134 Å². The van der Waals surface area contributed by atoms with Gasteiger partial charge in [0.2, 0.25) is 0 Å². The molecule has 1 aromatic rings. The van der Waals surface area contributed by atoms with Crippen LogP contribution in [0.1, 0.15) is 45.2 Å². The van der Waals surface area contributed by atoms with E-state index in [1.54, 1.807) is 0 Å². The molecule has 0 aromatic heterocycles. The number of nitrogens with zero attached hydrogens (tertiary/aromatic N) is 1. The van der Waals surface area contributed by atoms with Crippen molar-refractivity contribution >= 4 is 11.8 Å². The molecule has 1 N–H and O–H groups in total. The van der Waals surface area contributed by atoms with Crippen molar-refractivity contribution in [2.45, 2.75) is 50.4 Å². The molecule has 2 unspecified atom stereocenters. The third kappa shape index (κ3) is 4.02. The van der Waals surface area contributed by atoms with E-state index < -0.39 is 0 Å². The number of piperazine rings is 1. The van der Waals surface area contributed by atoms with E-state index in [2.05, 4.69) is 67.6 Å². The zero-order chi connectivity index (χ0) is 15.3. The molecule has 2 atom stereocenters. The number of thioether (sulfide) groups is 1. The summed E-state index contributed by atoms with van der Waals surface area (Å²) in [5, 5.41) is 4.53. The molecule has 1 aliphatic rings. The van der Waals surface area contributed by atoms with E-state index in [9.17, 15) is 0 Å². The highest BCUT2D eigenvalue weighted by molar-refractivity contribution is 7.99. The normalized spacial score (nSPS) is 23.9. The highest BCUT2D eigenvalue weighted by Gasteiger charge is 2.37. The summed E-state index contributed by atoms with van der Waals surface area (Å²) in [6, 6.07) is 11.5. The maximum Gasteiger partial charge on any atom is 0.0474 e. The second-order valence-corrected chi connectivity index (χ2v) is 7.55. The SMILES string of the molecule is CCC1(CC)CN(CC(C)SC)C(c2ccccc2)CN1. The molecule has 2 nitrogen and oxygen atoms in total. The largest absolute Gasteiger partial charge is 0.308 e. The van der Waals surface area contributed by atoms with E-state index in [4.69, 9.17) is 0 Å². The maximum atomic E-state index is 3.85. The molecule has 0 spiro atoms. The summed E-state index contributed by atoms with van der Waals surface area (Å²) in [4.78, 5) is 2.71. The Kier molecular flexibility index (Phi) is 6.15. The van der Waals surface area contributed by atoms with Gasteiger partial charge in [0.05, 0.1) is 0 Å². The average molecular weight is 307 g/mol. The van der Waals surface area contributed by atoms with Crippen LogP contribution >= 0.6 is 11.8 Å². The quantitative estimate of drug-likeness (QED) is 0.857. The first-order chi connectivity index (χ1) is 10.1. The topological polar surface area (TPSA) is 15.3 Å². The monoisotopic (exact) mass is 306 g/mol. The summed E-state index contributed by atoms with van der Waals surface area (Å²) in [6.07, 6.45) is 4.63. The van der Waals surface area contributed by atoms with Crippen LogP contribution in [0.5, 0.6) is 0 Å². The molecule has 2 rings (SSSR count). The van der Waals surface area contributed by atoms with Gasteiger partial charge in [-0.05, 0) is 24.7 Å². The second kappa shape index (κ2) is 7.66. The van der Waals surface area contributed by atoms with Gasteiger partial charge in [0.25, 0.3) is 0 Å². The van der Waals surface area contributed by atoms with Crippen LogP contribution in [0, 0.1) is 0 Å². The van der Waals surface area contributed by atoms with Crippen molar-refractivity contribution in [3.63, 3.8) is 0 Å². The predicted molar refractivity (Wildman–Crippen MR) is 95.0 cm³/mol. The summed E-state index contributed by atoms with van der Waals surface area (Å²) < 4.78 is 0. The molecule has 1 heterocycles. The fourth-order valence-corrected chi connectivity index (χ4v) is 3.66. The zero-order valence-corrected chi connectivity index (χ0v) is 14.7. The first-order valence-electron chi connectivity index (χ1n) is 8.21. The standard InChI is InChI=1S/C18H30N2S/c1-5-18(6-2)14-20(13-15(3)21-4)17(12-19-18)16-10-8-7-9-11-16/h7-11,15,17,19H,5-6,12-14H2,1-4H3. The molecule has 0 saturated carbocycles. The first-order valence-corrected chi connectivity index (χ1v) is 9.49. The molecule has 1 aromatic carbocycles. The van der Waals surface area contributed by atoms with Crippen molar-refractivity contribution in [3.05, 3.63) is 35.9 Å². The van der Waals surface area contributed by atoms with E-state index in [-0.39, 0.29) is 0 Å². The minimum absolute atomic E-state index is 0.295. The Morgan fingerprint density at radius 3 is 2.52 bits per heavy atom. The summed E-state index contributed by atoms with van der Waals surface area (Å²) in [5.41, 5.74) is 1.74. The van der Waals surface area contributed by atoms with Crippen molar-refractivity contribution in [3.8, 4) is 0 Å². The summed E-state index contributed by atoms with van der Waals surface area (Å²) in [5.74, 6) is 0. The Morgan fingerprint density at radius 1 is 1.29 bits per heavy atom. The van der Waals surface area contributed by atoms with Gasteiger partial charge in [-0.2, -0.15) is 11.8 Å². The average Bonchev–Trinajstić information content (AvgIpc) is 2.55. The molecule has 1 saturated heterocycles. The lowest BCUT2D eigenvalue weighted by Crippen LogP contribution is -2.61. The summed E-state index contributed by atoms with van der Waals surface area (Å²) in [7, 11) is 0.